The second kappa shape index (κ2) is 7.17. The number of non-ortho nitro benzene ring substituents is 1. The summed E-state index contributed by atoms with van der Waals surface area (Å²) in [6.45, 7) is 0. The van der Waals surface area contributed by atoms with Crippen molar-refractivity contribution in [1.82, 2.24) is 9.55 Å². The first-order valence-corrected chi connectivity index (χ1v) is 10.2. The summed E-state index contributed by atoms with van der Waals surface area (Å²) in [6.07, 6.45) is 0. The van der Waals surface area contributed by atoms with E-state index in [4.69, 9.17) is 5.14 Å². The third-order valence-electron chi connectivity index (χ3n) is 4.54. The molecule has 0 saturated carbocycles. The Hall–Kier alpha value is -3.89. The zero-order chi connectivity index (χ0) is 21.5. The summed E-state index contributed by atoms with van der Waals surface area (Å²) in [7, 11) is -3.89. The Morgan fingerprint density at radius 2 is 1.57 bits per heavy atom. The lowest BCUT2D eigenvalue weighted by molar-refractivity contribution is -0.384. The van der Waals surface area contributed by atoms with E-state index in [9.17, 15) is 23.3 Å². The SMILES string of the molecule is NS(=O)(=O)c1ccc(-n2c(-c3ccc([N+](=O)[O-])cc3)nc3ccccc3c2=O)cc1. The molecule has 0 aliphatic heterocycles. The van der Waals surface area contributed by atoms with Crippen LogP contribution in [0.25, 0.3) is 28.0 Å². The van der Waals surface area contributed by atoms with Crippen LogP contribution >= 0.6 is 0 Å². The number of nitro benzene ring substituents is 1. The minimum absolute atomic E-state index is 0.0917. The normalized spacial score (nSPS) is 11.5. The summed E-state index contributed by atoms with van der Waals surface area (Å²) in [5.41, 5.74) is 0.870. The highest BCUT2D eigenvalue weighted by Crippen LogP contribution is 2.25. The topological polar surface area (TPSA) is 138 Å². The second-order valence-electron chi connectivity index (χ2n) is 6.44. The molecule has 1 heterocycles. The van der Waals surface area contributed by atoms with E-state index in [-0.39, 0.29) is 22.0 Å². The minimum Gasteiger partial charge on any atom is -0.268 e. The molecule has 0 radical (unpaired) electrons. The van der Waals surface area contributed by atoms with Gasteiger partial charge >= 0.3 is 0 Å². The monoisotopic (exact) mass is 422 g/mol. The third-order valence-corrected chi connectivity index (χ3v) is 5.46. The molecular formula is C20H14N4O5S. The number of sulfonamides is 1. The van der Waals surface area contributed by atoms with Gasteiger partial charge in [0.1, 0.15) is 5.82 Å². The number of fused-ring (bicyclic) bond motifs is 1. The largest absolute Gasteiger partial charge is 0.269 e. The quantitative estimate of drug-likeness (QED) is 0.396. The number of para-hydroxylation sites is 1. The summed E-state index contributed by atoms with van der Waals surface area (Å²) in [5.74, 6) is 0.261. The molecule has 0 amide bonds. The van der Waals surface area contributed by atoms with E-state index in [1.54, 1.807) is 24.3 Å². The molecule has 150 valence electrons. The van der Waals surface area contributed by atoms with Crippen molar-refractivity contribution >= 4 is 26.6 Å². The molecule has 0 spiro atoms. The number of nitro groups is 1. The summed E-state index contributed by atoms with van der Waals surface area (Å²) >= 11 is 0. The number of nitrogens with zero attached hydrogens (tertiary/aromatic N) is 3. The molecule has 9 nitrogen and oxygen atoms in total. The molecule has 10 heteroatoms. The number of benzene rings is 3. The minimum atomic E-state index is -3.89. The molecule has 3 aromatic carbocycles. The first-order chi connectivity index (χ1) is 14.3. The number of primary sulfonamides is 1. The van der Waals surface area contributed by atoms with Crippen LogP contribution in [0.4, 0.5) is 5.69 Å². The van der Waals surface area contributed by atoms with E-state index < -0.39 is 14.9 Å². The van der Waals surface area contributed by atoms with Gasteiger partial charge in [0, 0.05) is 17.7 Å². The molecule has 0 atom stereocenters. The van der Waals surface area contributed by atoms with Crippen LogP contribution in [-0.4, -0.2) is 22.9 Å². The first kappa shape index (κ1) is 19.4. The van der Waals surface area contributed by atoms with Crippen LogP contribution in [0.1, 0.15) is 0 Å². The van der Waals surface area contributed by atoms with Crippen LogP contribution in [0.2, 0.25) is 0 Å². The lowest BCUT2D eigenvalue weighted by Crippen LogP contribution is -2.22. The molecule has 0 aliphatic carbocycles. The molecule has 0 aliphatic rings. The van der Waals surface area contributed by atoms with Crippen molar-refractivity contribution in [2.75, 3.05) is 0 Å². The van der Waals surface area contributed by atoms with Gasteiger partial charge in [0.15, 0.2) is 0 Å². The predicted molar refractivity (Wildman–Crippen MR) is 111 cm³/mol. The average molecular weight is 422 g/mol. The lowest BCUT2D eigenvalue weighted by atomic mass is 10.1. The molecule has 4 aromatic rings. The third kappa shape index (κ3) is 3.45. The van der Waals surface area contributed by atoms with Gasteiger partial charge in [-0.3, -0.25) is 19.5 Å². The van der Waals surface area contributed by atoms with Crippen molar-refractivity contribution in [3.8, 4) is 17.1 Å². The fourth-order valence-electron chi connectivity index (χ4n) is 3.08. The van der Waals surface area contributed by atoms with E-state index in [1.165, 1.54) is 53.1 Å². The molecule has 0 unspecified atom stereocenters. The maximum absolute atomic E-state index is 13.3. The zero-order valence-corrected chi connectivity index (χ0v) is 16.1. The first-order valence-electron chi connectivity index (χ1n) is 8.65. The molecule has 0 fully saturated rings. The molecule has 2 N–H and O–H groups in total. The van der Waals surface area contributed by atoms with E-state index in [2.05, 4.69) is 4.98 Å². The Morgan fingerprint density at radius 3 is 2.17 bits per heavy atom. The molecule has 4 rings (SSSR count). The van der Waals surface area contributed by atoms with Crippen LogP contribution in [0.15, 0.2) is 82.5 Å². The van der Waals surface area contributed by atoms with Crippen molar-refractivity contribution in [2.24, 2.45) is 5.14 Å². The highest BCUT2D eigenvalue weighted by Gasteiger charge is 2.16. The van der Waals surface area contributed by atoms with Crippen LogP contribution in [0.5, 0.6) is 0 Å². The lowest BCUT2D eigenvalue weighted by Gasteiger charge is -2.14. The fraction of sp³-hybridized carbons (Fsp3) is 0. The number of hydrogen-bond acceptors (Lipinski definition) is 6. The van der Waals surface area contributed by atoms with Gasteiger partial charge in [0.25, 0.3) is 11.2 Å². The highest BCUT2D eigenvalue weighted by molar-refractivity contribution is 7.89. The summed E-state index contributed by atoms with van der Waals surface area (Å²) < 4.78 is 24.4. The zero-order valence-electron chi connectivity index (χ0n) is 15.3. The van der Waals surface area contributed by atoms with Crippen molar-refractivity contribution in [2.45, 2.75) is 4.90 Å². The summed E-state index contributed by atoms with van der Waals surface area (Å²) in [6, 6.07) is 17.9. The Morgan fingerprint density at radius 1 is 0.933 bits per heavy atom. The van der Waals surface area contributed by atoms with Crippen molar-refractivity contribution < 1.29 is 13.3 Å². The number of nitrogens with two attached hydrogens (primary N) is 1. The van der Waals surface area contributed by atoms with E-state index in [0.29, 0.717) is 22.2 Å². The smallest absolute Gasteiger partial charge is 0.268 e. The molecule has 0 saturated heterocycles. The van der Waals surface area contributed by atoms with E-state index >= 15 is 0 Å². The van der Waals surface area contributed by atoms with Gasteiger partial charge in [-0.25, -0.2) is 18.5 Å². The van der Waals surface area contributed by atoms with Crippen LogP contribution in [0, 0.1) is 10.1 Å². The van der Waals surface area contributed by atoms with Gasteiger partial charge in [-0.2, -0.15) is 0 Å². The van der Waals surface area contributed by atoms with E-state index in [1.807, 2.05) is 0 Å². The maximum Gasteiger partial charge on any atom is 0.269 e. The van der Waals surface area contributed by atoms with Crippen molar-refractivity contribution in [3.05, 3.63) is 93.3 Å². The molecule has 0 bridgehead atoms. The van der Waals surface area contributed by atoms with Gasteiger partial charge < -0.3 is 0 Å². The molecule has 30 heavy (non-hydrogen) atoms. The number of hydrogen-bond donors (Lipinski definition) is 1. The van der Waals surface area contributed by atoms with Gasteiger partial charge in [0.2, 0.25) is 10.0 Å². The predicted octanol–water partition coefficient (Wildman–Crippen LogP) is 2.61. The van der Waals surface area contributed by atoms with Gasteiger partial charge in [-0.15, -0.1) is 0 Å². The van der Waals surface area contributed by atoms with Crippen LogP contribution in [-0.2, 0) is 10.0 Å². The highest BCUT2D eigenvalue weighted by atomic mass is 32.2. The fourth-order valence-corrected chi connectivity index (χ4v) is 3.60. The Bertz CT molecular complexity index is 1440. The Kier molecular flexibility index (Phi) is 4.65. The second-order valence-corrected chi connectivity index (χ2v) is 8.00. The Balaban J connectivity index is 1.99. The number of aromatic nitrogens is 2. The van der Waals surface area contributed by atoms with Crippen LogP contribution < -0.4 is 10.7 Å². The summed E-state index contributed by atoms with van der Waals surface area (Å²) in [5, 5.41) is 16.5. The van der Waals surface area contributed by atoms with Crippen molar-refractivity contribution in [3.63, 3.8) is 0 Å². The standard InChI is InChI=1S/C20H14N4O5S/c21-30(28,29)16-11-9-14(10-12-16)23-19(13-5-7-15(8-6-13)24(26)27)22-18-4-2-1-3-17(18)20(23)25/h1-12H,(H2,21,28,29). The Labute approximate surface area is 170 Å². The molecule has 1 aromatic heterocycles. The summed E-state index contributed by atoms with van der Waals surface area (Å²) in [4.78, 5) is 28.2. The van der Waals surface area contributed by atoms with Gasteiger partial charge in [-0.05, 0) is 48.5 Å². The average Bonchev–Trinajstić information content (AvgIpc) is 2.73. The maximum atomic E-state index is 13.3. The van der Waals surface area contributed by atoms with Crippen LogP contribution in [0.3, 0.4) is 0 Å². The molecular weight excluding hydrogens is 408 g/mol. The van der Waals surface area contributed by atoms with Crippen molar-refractivity contribution in [1.29, 1.82) is 0 Å². The van der Waals surface area contributed by atoms with Gasteiger partial charge in [0.05, 0.1) is 26.4 Å². The van der Waals surface area contributed by atoms with E-state index in [0.717, 1.165) is 0 Å². The van der Waals surface area contributed by atoms with Gasteiger partial charge in [-0.1, -0.05) is 12.1 Å². The number of rotatable bonds is 4.